The summed E-state index contributed by atoms with van der Waals surface area (Å²) < 4.78 is 6.07. The Balaban J connectivity index is 1.30. The number of hydrogen-bond donors (Lipinski definition) is 1. The lowest BCUT2D eigenvalue weighted by Gasteiger charge is -2.19. The fourth-order valence-corrected chi connectivity index (χ4v) is 4.75. The summed E-state index contributed by atoms with van der Waals surface area (Å²) in [5.41, 5.74) is 4.10. The molecule has 4 nitrogen and oxygen atoms in total. The number of aliphatic hydroxyl groups is 1. The zero-order valence-electron chi connectivity index (χ0n) is 18.9. The molecule has 4 heteroatoms. The van der Waals surface area contributed by atoms with Crippen molar-refractivity contribution in [2.24, 2.45) is 0 Å². The SMILES string of the molecule is C[C@@H]1CCCN1CCc1cc2cc(-c3ccc(C(=O)C(O)c4ccccc4)cc3)ccc2o1. The van der Waals surface area contributed by atoms with E-state index in [1.165, 1.54) is 19.4 Å². The molecule has 0 aliphatic carbocycles. The summed E-state index contributed by atoms with van der Waals surface area (Å²) in [5, 5.41) is 11.5. The highest BCUT2D eigenvalue weighted by atomic mass is 16.3. The normalized spacial score (nSPS) is 17.5. The zero-order valence-corrected chi connectivity index (χ0v) is 18.9. The van der Waals surface area contributed by atoms with Gasteiger partial charge in [-0.1, -0.05) is 60.7 Å². The number of aliphatic hydroxyl groups excluding tert-OH is 1. The monoisotopic (exact) mass is 439 g/mol. The number of benzene rings is 3. The first-order chi connectivity index (χ1) is 16.1. The van der Waals surface area contributed by atoms with Gasteiger partial charge in [-0.15, -0.1) is 0 Å². The van der Waals surface area contributed by atoms with Gasteiger partial charge in [-0.3, -0.25) is 4.79 Å². The number of fused-ring (bicyclic) bond motifs is 1. The second-order valence-corrected chi connectivity index (χ2v) is 9.00. The summed E-state index contributed by atoms with van der Waals surface area (Å²) >= 11 is 0. The summed E-state index contributed by atoms with van der Waals surface area (Å²) in [7, 11) is 0. The number of carbonyl (C=O) groups is 1. The molecule has 1 fully saturated rings. The number of rotatable bonds is 7. The Hall–Kier alpha value is -3.21. The van der Waals surface area contributed by atoms with Crippen molar-refractivity contribution in [1.82, 2.24) is 4.90 Å². The number of furan rings is 1. The molecule has 1 N–H and O–H groups in total. The van der Waals surface area contributed by atoms with Crippen LogP contribution in [0.1, 0.15) is 47.6 Å². The average molecular weight is 440 g/mol. The summed E-state index contributed by atoms with van der Waals surface area (Å²) in [6.07, 6.45) is 2.36. The molecule has 2 heterocycles. The fourth-order valence-electron chi connectivity index (χ4n) is 4.75. The molecular weight excluding hydrogens is 410 g/mol. The van der Waals surface area contributed by atoms with E-state index >= 15 is 0 Å². The molecule has 5 rings (SSSR count). The molecule has 0 radical (unpaired) electrons. The maximum Gasteiger partial charge on any atom is 0.195 e. The van der Waals surface area contributed by atoms with Crippen LogP contribution >= 0.6 is 0 Å². The molecule has 0 amide bonds. The quantitative estimate of drug-likeness (QED) is 0.357. The Labute approximate surface area is 194 Å². The van der Waals surface area contributed by atoms with Crippen LogP contribution in [0.5, 0.6) is 0 Å². The molecule has 1 saturated heterocycles. The number of ketones is 1. The van der Waals surface area contributed by atoms with Gasteiger partial charge in [0.25, 0.3) is 0 Å². The smallest absolute Gasteiger partial charge is 0.195 e. The maximum absolute atomic E-state index is 12.7. The van der Waals surface area contributed by atoms with Crippen LogP contribution in [-0.4, -0.2) is 34.9 Å². The summed E-state index contributed by atoms with van der Waals surface area (Å²) in [6, 6.07) is 25.5. The molecule has 1 aliphatic rings. The van der Waals surface area contributed by atoms with Crippen LogP contribution in [-0.2, 0) is 6.42 Å². The van der Waals surface area contributed by atoms with E-state index in [-0.39, 0.29) is 5.78 Å². The van der Waals surface area contributed by atoms with Gasteiger partial charge in [-0.2, -0.15) is 0 Å². The Morgan fingerprint density at radius 3 is 2.52 bits per heavy atom. The maximum atomic E-state index is 12.7. The summed E-state index contributed by atoms with van der Waals surface area (Å²) in [5.74, 6) is 0.729. The lowest BCUT2D eigenvalue weighted by molar-refractivity contribution is 0.0747. The van der Waals surface area contributed by atoms with Gasteiger partial charge < -0.3 is 14.4 Å². The molecule has 2 atom stereocenters. The zero-order chi connectivity index (χ0) is 22.8. The van der Waals surface area contributed by atoms with Crippen LogP contribution in [0, 0.1) is 0 Å². The molecule has 1 aliphatic heterocycles. The first-order valence-corrected chi connectivity index (χ1v) is 11.7. The van der Waals surface area contributed by atoms with Crippen LogP contribution in [0.4, 0.5) is 0 Å². The molecule has 0 bridgehead atoms. The largest absolute Gasteiger partial charge is 0.461 e. The average Bonchev–Trinajstić information content (AvgIpc) is 3.47. The van der Waals surface area contributed by atoms with E-state index in [0.717, 1.165) is 40.8 Å². The van der Waals surface area contributed by atoms with Crippen molar-refractivity contribution in [3.63, 3.8) is 0 Å². The molecule has 168 valence electrons. The van der Waals surface area contributed by atoms with E-state index in [1.54, 1.807) is 24.3 Å². The van der Waals surface area contributed by atoms with Crippen LogP contribution < -0.4 is 0 Å². The third-order valence-corrected chi connectivity index (χ3v) is 6.77. The van der Waals surface area contributed by atoms with Crippen LogP contribution in [0.2, 0.25) is 0 Å². The summed E-state index contributed by atoms with van der Waals surface area (Å²) in [4.78, 5) is 15.2. The van der Waals surface area contributed by atoms with Gasteiger partial charge in [0, 0.05) is 30.0 Å². The van der Waals surface area contributed by atoms with E-state index in [2.05, 4.69) is 24.0 Å². The number of hydrogen-bond acceptors (Lipinski definition) is 4. The van der Waals surface area contributed by atoms with Crippen LogP contribution in [0.15, 0.2) is 83.3 Å². The van der Waals surface area contributed by atoms with Crippen molar-refractivity contribution in [3.8, 4) is 11.1 Å². The number of nitrogens with zero attached hydrogens (tertiary/aromatic N) is 1. The second kappa shape index (κ2) is 9.34. The van der Waals surface area contributed by atoms with Crippen LogP contribution in [0.25, 0.3) is 22.1 Å². The van der Waals surface area contributed by atoms with E-state index in [4.69, 9.17) is 4.42 Å². The predicted molar refractivity (Wildman–Crippen MR) is 131 cm³/mol. The Morgan fingerprint density at radius 1 is 1.03 bits per heavy atom. The van der Waals surface area contributed by atoms with Crippen LogP contribution in [0.3, 0.4) is 0 Å². The highest BCUT2D eigenvalue weighted by molar-refractivity contribution is 6.00. The van der Waals surface area contributed by atoms with Crippen molar-refractivity contribution in [2.75, 3.05) is 13.1 Å². The van der Waals surface area contributed by atoms with Crippen molar-refractivity contribution < 1.29 is 14.3 Å². The van der Waals surface area contributed by atoms with Gasteiger partial charge in [0.1, 0.15) is 17.4 Å². The molecule has 0 spiro atoms. The number of likely N-dealkylation sites (tertiary alicyclic amines) is 1. The van der Waals surface area contributed by atoms with Crippen molar-refractivity contribution >= 4 is 16.8 Å². The van der Waals surface area contributed by atoms with E-state index in [9.17, 15) is 9.90 Å². The second-order valence-electron chi connectivity index (χ2n) is 9.00. The standard InChI is InChI=1S/C29H29NO3/c1-20-6-5-16-30(20)17-15-26-19-25-18-24(13-14-27(25)33-26)21-9-11-23(12-10-21)29(32)28(31)22-7-3-2-4-8-22/h2-4,7-14,18-20,28,31H,5-6,15-17H2,1H3/t20-,28?/m1/s1. The molecule has 4 aromatic rings. The Bertz CT molecular complexity index is 1240. The minimum absolute atomic E-state index is 0.296. The van der Waals surface area contributed by atoms with Gasteiger partial charge >= 0.3 is 0 Å². The third kappa shape index (κ3) is 4.63. The van der Waals surface area contributed by atoms with Gasteiger partial charge in [-0.25, -0.2) is 0 Å². The molecule has 33 heavy (non-hydrogen) atoms. The van der Waals surface area contributed by atoms with E-state index in [0.29, 0.717) is 17.2 Å². The lowest BCUT2D eigenvalue weighted by atomic mass is 9.97. The first-order valence-electron chi connectivity index (χ1n) is 11.7. The number of Topliss-reactive ketones (excluding diaryl/α,β-unsaturated/α-hetero) is 1. The highest BCUT2D eigenvalue weighted by Crippen LogP contribution is 2.28. The van der Waals surface area contributed by atoms with Crippen molar-refractivity contribution in [1.29, 1.82) is 0 Å². The molecule has 1 aromatic heterocycles. The molecule has 1 unspecified atom stereocenters. The minimum atomic E-state index is -1.15. The van der Waals surface area contributed by atoms with Crippen molar-refractivity contribution in [3.05, 3.63) is 95.7 Å². The topological polar surface area (TPSA) is 53.7 Å². The third-order valence-electron chi connectivity index (χ3n) is 6.77. The highest BCUT2D eigenvalue weighted by Gasteiger charge is 2.20. The predicted octanol–water partition coefficient (Wildman–Crippen LogP) is 6.04. The molecule has 3 aromatic carbocycles. The van der Waals surface area contributed by atoms with E-state index in [1.807, 2.05) is 42.5 Å². The Morgan fingerprint density at radius 2 is 1.79 bits per heavy atom. The summed E-state index contributed by atoms with van der Waals surface area (Å²) in [6.45, 7) is 4.53. The fraction of sp³-hybridized carbons (Fsp3) is 0.276. The van der Waals surface area contributed by atoms with Gasteiger partial charge in [0.05, 0.1) is 0 Å². The first kappa shape index (κ1) is 21.6. The minimum Gasteiger partial charge on any atom is -0.461 e. The van der Waals surface area contributed by atoms with Crippen molar-refractivity contribution in [2.45, 2.75) is 38.3 Å². The van der Waals surface area contributed by atoms with Gasteiger partial charge in [-0.05, 0) is 61.2 Å². The van der Waals surface area contributed by atoms with Gasteiger partial charge in [0.2, 0.25) is 0 Å². The van der Waals surface area contributed by atoms with Gasteiger partial charge in [0.15, 0.2) is 5.78 Å². The molecular formula is C29H29NO3. The molecule has 0 saturated carbocycles. The Kier molecular flexibility index (Phi) is 6.12. The number of carbonyl (C=O) groups excluding carboxylic acids is 1. The lowest BCUT2D eigenvalue weighted by Crippen LogP contribution is -2.28. The van der Waals surface area contributed by atoms with E-state index < -0.39 is 6.10 Å².